The van der Waals surface area contributed by atoms with E-state index in [2.05, 4.69) is 20.8 Å². The Bertz CT molecular complexity index is 877. The Kier molecular flexibility index (Phi) is 5.43. The van der Waals surface area contributed by atoms with Crippen molar-refractivity contribution < 1.29 is 9.53 Å². The highest BCUT2D eigenvalue weighted by Gasteiger charge is 2.07. The topological polar surface area (TPSA) is 76.1 Å². The summed E-state index contributed by atoms with van der Waals surface area (Å²) in [4.78, 5) is 12.2. The zero-order valence-corrected chi connectivity index (χ0v) is 14.7. The van der Waals surface area contributed by atoms with Gasteiger partial charge in [-0.3, -0.25) is 4.79 Å². The van der Waals surface area contributed by atoms with Gasteiger partial charge in [-0.25, -0.2) is 0 Å². The Hall–Kier alpha value is -3.41. The van der Waals surface area contributed by atoms with Gasteiger partial charge in [0.25, 0.3) is 5.91 Å². The van der Waals surface area contributed by atoms with E-state index in [0.29, 0.717) is 23.7 Å². The molecule has 0 unspecified atom stereocenters. The number of anilines is 2. The summed E-state index contributed by atoms with van der Waals surface area (Å²) >= 11 is 0. The first-order valence-corrected chi connectivity index (χ1v) is 8.23. The number of ether oxygens (including phenoxy) is 1. The Morgan fingerprint density at radius 1 is 0.962 bits per heavy atom. The highest BCUT2D eigenvalue weighted by Crippen LogP contribution is 2.18. The van der Waals surface area contributed by atoms with E-state index >= 15 is 0 Å². The zero-order chi connectivity index (χ0) is 18.4. The second-order valence-corrected chi connectivity index (χ2v) is 5.79. The number of hydrogen-bond acceptors (Lipinski definition) is 5. The maximum absolute atomic E-state index is 12.2. The molecule has 2 N–H and O–H groups in total. The molecule has 3 aromatic rings. The van der Waals surface area contributed by atoms with Gasteiger partial charge in [0.2, 0.25) is 0 Å². The molecule has 3 rings (SSSR count). The first kappa shape index (κ1) is 17.4. The lowest BCUT2D eigenvalue weighted by atomic mass is 10.1. The fourth-order valence-corrected chi connectivity index (χ4v) is 2.42. The number of carbonyl (C=O) groups is 1. The molecule has 0 radical (unpaired) electrons. The van der Waals surface area contributed by atoms with E-state index in [-0.39, 0.29) is 5.91 Å². The number of nitrogens with zero attached hydrogens (tertiary/aromatic N) is 2. The molecule has 0 bridgehead atoms. The second kappa shape index (κ2) is 8.11. The predicted molar refractivity (Wildman–Crippen MR) is 101 cm³/mol. The molecule has 0 saturated heterocycles. The molecule has 1 aromatic heterocycles. The summed E-state index contributed by atoms with van der Waals surface area (Å²) < 4.78 is 5.32. The van der Waals surface area contributed by atoms with Crippen molar-refractivity contribution in [1.29, 1.82) is 0 Å². The van der Waals surface area contributed by atoms with Gasteiger partial charge < -0.3 is 15.4 Å². The molecule has 0 aliphatic rings. The summed E-state index contributed by atoms with van der Waals surface area (Å²) in [5.41, 5.74) is 2.70. The van der Waals surface area contributed by atoms with Gasteiger partial charge >= 0.3 is 0 Å². The van der Waals surface area contributed by atoms with Crippen LogP contribution >= 0.6 is 0 Å². The van der Waals surface area contributed by atoms with E-state index in [1.807, 2.05) is 43.3 Å². The number of aromatic nitrogens is 2. The van der Waals surface area contributed by atoms with Crippen molar-refractivity contribution in [2.75, 3.05) is 17.7 Å². The number of benzene rings is 2. The number of methoxy groups -OCH3 is 1. The highest BCUT2D eigenvalue weighted by atomic mass is 16.5. The summed E-state index contributed by atoms with van der Waals surface area (Å²) in [5, 5.41) is 14.1. The molecular formula is C20H20N4O2. The summed E-state index contributed by atoms with van der Waals surface area (Å²) in [6, 6.07) is 18.6. The molecule has 0 aliphatic carbocycles. The van der Waals surface area contributed by atoms with Crippen LogP contribution in [-0.2, 0) is 6.54 Å². The molecule has 2 aromatic carbocycles. The number of rotatable bonds is 6. The minimum Gasteiger partial charge on any atom is -0.496 e. The first-order chi connectivity index (χ1) is 12.7. The summed E-state index contributed by atoms with van der Waals surface area (Å²) in [5.74, 6) is 1.62. The van der Waals surface area contributed by atoms with Crippen LogP contribution in [0.3, 0.4) is 0 Å². The van der Waals surface area contributed by atoms with Crippen LogP contribution in [0.1, 0.15) is 21.5 Å². The largest absolute Gasteiger partial charge is 0.496 e. The minimum absolute atomic E-state index is 0.214. The van der Waals surface area contributed by atoms with Crippen molar-refractivity contribution in [3.8, 4) is 5.75 Å². The lowest BCUT2D eigenvalue weighted by Crippen LogP contribution is -2.13. The number of para-hydroxylation sites is 1. The number of nitrogens with one attached hydrogen (secondary N) is 2. The second-order valence-electron chi connectivity index (χ2n) is 5.79. The van der Waals surface area contributed by atoms with Crippen LogP contribution in [0.5, 0.6) is 5.75 Å². The van der Waals surface area contributed by atoms with Gasteiger partial charge in [0.05, 0.1) is 7.11 Å². The van der Waals surface area contributed by atoms with Gasteiger partial charge in [0.15, 0.2) is 5.82 Å². The SMILES string of the molecule is COc1ccccc1CNc1ccc(NC(=O)c2ccc(C)cc2)nn1. The fraction of sp³-hybridized carbons (Fsp3) is 0.150. The lowest BCUT2D eigenvalue weighted by molar-refractivity contribution is 0.102. The zero-order valence-electron chi connectivity index (χ0n) is 14.7. The number of hydrogen-bond donors (Lipinski definition) is 2. The molecule has 0 fully saturated rings. The van der Waals surface area contributed by atoms with Crippen LogP contribution in [0.4, 0.5) is 11.6 Å². The normalized spacial score (nSPS) is 10.2. The fourth-order valence-electron chi connectivity index (χ4n) is 2.42. The van der Waals surface area contributed by atoms with Crippen molar-refractivity contribution in [2.24, 2.45) is 0 Å². The molecule has 0 spiro atoms. The lowest BCUT2D eigenvalue weighted by Gasteiger charge is -2.10. The van der Waals surface area contributed by atoms with Gasteiger partial charge in [0.1, 0.15) is 11.6 Å². The monoisotopic (exact) mass is 348 g/mol. The van der Waals surface area contributed by atoms with Gasteiger partial charge in [-0.05, 0) is 37.3 Å². The Balaban J connectivity index is 1.59. The summed E-state index contributed by atoms with van der Waals surface area (Å²) in [7, 11) is 1.64. The average molecular weight is 348 g/mol. The van der Waals surface area contributed by atoms with E-state index in [1.165, 1.54) is 0 Å². The molecule has 132 valence electrons. The molecule has 1 heterocycles. The molecule has 6 heteroatoms. The maximum atomic E-state index is 12.2. The summed E-state index contributed by atoms with van der Waals surface area (Å²) in [6.07, 6.45) is 0. The maximum Gasteiger partial charge on any atom is 0.256 e. The number of aryl methyl sites for hydroxylation is 1. The molecule has 26 heavy (non-hydrogen) atoms. The van der Waals surface area contributed by atoms with Gasteiger partial charge in [0, 0.05) is 17.7 Å². The Morgan fingerprint density at radius 2 is 1.65 bits per heavy atom. The van der Waals surface area contributed by atoms with E-state index < -0.39 is 0 Å². The smallest absolute Gasteiger partial charge is 0.256 e. The predicted octanol–water partition coefficient (Wildman–Crippen LogP) is 3.66. The first-order valence-electron chi connectivity index (χ1n) is 8.23. The standard InChI is InChI=1S/C20H20N4O2/c1-14-7-9-15(10-8-14)20(25)22-19-12-11-18(23-24-19)21-13-16-5-3-4-6-17(16)26-2/h3-12H,13H2,1-2H3,(H,21,23)(H,22,24,25). The quantitative estimate of drug-likeness (QED) is 0.711. The third-order valence-corrected chi connectivity index (χ3v) is 3.87. The van der Waals surface area contributed by atoms with Crippen molar-refractivity contribution in [2.45, 2.75) is 13.5 Å². The molecule has 0 saturated carbocycles. The van der Waals surface area contributed by atoms with E-state index in [9.17, 15) is 4.79 Å². The highest BCUT2D eigenvalue weighted by molar-refractivity contribution is 6.03. The van der Waals surface area contributed by atoms with Crippen molar-refractivity contribution in [3.05, 3.63) is 77.4 Å². The van der Waals surface area contributed by atoms with Gasteiger partial charge in [-0.2, -0.15) is 0 Å². The van der Waals surface area contributed by atoms with Crippen LogP contribution in [0.2, 0.25) is 0 Å². The molecule has 6 nitrogen and oxygen atoms in total. The molecule has 0 atom stereocenters. The van der Waals surface area contributed by atoms with E-state index in [0.717, 1.165) is 16.9 Å². The Labute approximate surface area is 152 Å². The third-order valence-electron chi connectivity index (χ3n) is 3.87. The van der Waals surface area contributed by atoms with Crippen LogP contribution in [0.15, 0.2) is 60.7 Å². The minimum atomic E-state index is -0.214. The molecule has 0 aliphatic heterocycles. The molecule has 1 amide bonds. The van der Waals surface area contributed by atoms with Gasteiger partial charge in [-0.15, -0.1) is 10.2 Å². The summed E-state index contributed by atoms with van der Waals surface area (Å²) in [6.45, 7) is 2.54. The van der Waals surface area contributed by atoms with Crippen LogP contribution in [0.25, 0.3) is 0 Å². The molecular weight excluding hydrogens is 328 g/mol. The number of carbonyl (C=O) groups excluding carboxylic acids is 1. The van der Waals surface area contributed by atoms with Crippen molar-refractivity contribution in [1.82, 2.24) is 10.2 Å². The van der Waals surface area contributed by atoms with E-state index in [1.54, 1.807) is 31.4 Å². The number of amides is 1. The van der Waals surface area contributed by atoms with Gasteiger partial charge in [-0.1, -0.05) is 35.9 Å². The Morgan fingerprint density at radius 3 is 2.35 bits per heavy atom. The van der Waals surface area contributed by atoms with Crippen LogP contribution < -0.4 is 15.4 Å². The van der Waals surface area contributed by atoms with Crippen molar-refractivity contribution in [3.63, 3.8) is 0 Å². The van der Waals surface area contributed by atoms with E-state index in [4.69, 9.17) is 4.74 Å². The van der Waals surface area contributed by atoms with Crippen LogP contribution in [0, 0.1) is 6.92 Å². The average Bonchev–Trinajstić information content (AvgIpc) is 2.68. The third kappa shape index (κ3) is 4.36. The van der Waals surface area contributed by atoms with Crippen LogP contribution in [-0.4, -0.2) is 23.2 Å². The van der Waals surface area contributed by atoms with Crippen molar-refractivity contribution >= 4 is 17.5 Å².